The molecule has 1 heterocycles. The van der Waals surface area contributed by atoms with E-state index in [1.54, 1.807) is 10.9 Å². The van der Waals surface area contributed by atoms with Crippen LogP contribution in [0.15, 0.2) is 60.8 Å². The number of hydrogen-bond acceptors (Lipinski definition) is 5. The Morgan fingerprint density at radius 3 is 2.27 bits per heavy atom. The van der Waals surface area contributed by atoms with Crippen molar-refractivity contribution in [1.29, 1.82) is 0 Å². The van der Waals surface area contributed by atoms with Gasteiger partial charge in [-0.15, -0.1) is 5.10 Å². The first kappa shape index (κ1) is 21.7. The van der Waals surface area contributed by atoms with Crippen molar-refractivity contribution in [1.82, 2.24) is 20.3 Å². The lowest BCUT2D eigenvalue weighted by atomic mass is 9.97. The van der Waals surface area contributed by atoms with E-state index in [0.29, 0.717) is 19.8 Å². The first-order valence-electron chi connectivity index (χ1n) is 10.2. The summed E-state index contributed by atoms with van der Waals surface area (Å²) < 4.78 is 12.6. The zero-order chi connectivity index (χ0) is 21.3. The Hall–Kier alpha value is -3.03. The summed E-state index contributed by atoms with van der Waals surface area (Å²) in [6, 6.07) is 17.7. The van der Waals surface area contributed by atoms with Crippen LogP contribution in [0.3, 0.4) is 0 Å². The molecule has 2 aromatic carbocycles. The summed E-state index contributed by atoms with van der Waals surface area (Å²) in [6.45, 7) is 7.27. The second kappa shape index (κ2) is 10.7. The molecule has 0 saturated heterocycles. The summed E-state index contributed by atoms with van der Waals surface area (Å²) in [7, 11) is 0. The Morgan fingerprint density at radius 1 is 1.00 bits per heavy atom. The Kier molecular flexibility index (Phi) is 7.70. The second-order valence-corrected chi connectivity index (χ2v) is 6.89. The van der Waals surface area contributed by atoms with Crippen LogP contribution in [-0.2, 0) is 16.0 Å². The first-order valence-corrected chi connectivity index (χ1v) is 10.2. The molecule has 0 fully saturated rings. The van der Waals surface area contributed by atoms with Crippen molar-refractivity contribution in [3.05, 3.63) is 83.2 Å². The van der Waals surface area contributed by atoms with E-state index >= 15 is 0 Å². The second-order valence-electron chi connectivity index (χ2n) is 6.89. The van der Waals surface area contributed by atoms with Gasteiger partial charge in [0.1, 0.15) is 0 Å². The van der Waals surface area contributed by atoms with Crippen LogP contribution in [0.4, 0.5) is 0 Å². The fourth-order valence-electron chi connectivity index (χ4n) is 3.14. The van der Waals surface area contributed by atoms with E-state index in [1.165, 1.54) is 0 Å². The van der Waals surface area contributed by atoms with Crippen molar-refractivity contribution in [2.45, 2.75) is 39.6 Å². The normalized spacial score (nSPS) is 12.1. The number of nitrogens with zero attached hydrogens (tertiary/aromatic N) is 3. The minimum absolute atomic E-state index is 0.245. The highest BCUT2D eigenvalue weighted by Gasteiger charge is 2.20. The van der Waals surface area contributed by atoms with Gasteiger partial charge < -0.3 is 14.8 Å². The van der Waals surface area contributed by atoms with Gasteiger partial charge in [-0.2, -0.15) is 0 Å². The van der Waals surface area contributed by atoms with Gasteiger partial charge in [0.25, 0.3) is 5.91 Å². The summed E-state index contributed by atoms with van der Waals surface area (Å²) in [5, 5.41) is 11.2. The molecule has 0 bridgehead atoms. The molecule has 7 nitrogen and oxygen atoms in total. The highest BCUT2D eigenvalue weighted by Crippen LogP contribution is 2.22. The molecule has 1 unspecified atom stereocenters. The summed E-state index contributed by atoms with van der Waals surface area (Å²) in [5.74, 6) is -0.292. The van der Waals surface area contributed by atoms with E-state index in [-0.39, 0.29) is 17.6 Å². The number of rotatable bonds is 10. The Bertz CT molecular complexity index is 919. The van der Waals surface area contributed by atoms with E-state index in [4.69, 9.17) is 9.47 Å². The summed E-state index contributed by atoms with van der Waals surface area (Å²) in [4.78, 5) is 12.9. The fraction of sp³-hybridized carbons (Fsp3) is 0.348. The molecule has 3 aromatic rings. The number of carbonyl (C=O) groups is 1. The molecule has 30 heavy (non-hydrogen) atoms. The molecule has 0 aliphatic carbocycles. The molecule has 1 N–H and O–H groups in total. The lowest BCUT2D eigenvalue weighted by Gasteiger charge is -2.19. The maximum absolute atomic E-state index is 12.9. The molecule has 1 amide bonds. The maximum Gasteiger partial charge on any atom is 0.274 e. The predicted molar refractivity (Wildman–Crippen MR) is 114 cm³/mol. The molecule has 1 atom stereocenters. The van der Waals surface area contributed by atoms with Gasteiger partial charge in [-0.1, -0.05) is 65.4 Å². The van der Waals surface area contributed by atoms with Crippen LogP contribution < -0.4 is 5.32 Å². The lowest BCUT2D eigenvalue weighted by molar-refractivity contribution is -0.145. The van der Waals surface area contributed by atoms with Crippen LogP contribution >= 0.6 is 0 Å². The van der Waals surface area contributed by atoms with E-state index in [9.17, 15) is 4.79 Å². The number of aryl methyl sites for hydroxylation is 1. The van der Waals surface area contributed by atoms with Crippen LogP contribution in [0.1, 0.15) is 47.1 Å². The van der Waals surface area contributed by atoms with E-state index in [0.717, 1.165) is 16.7 Å². The van der Waals surface area contributed by atoms with Crippen molar-refractivity contribution in [3.8, 4) is 0 Å². The first-order chi connectivity index (χ1) is 14.6. The van der Waals surface area contributed by atoms with Crippen molar-refractivity contribution in [3.63, 3.8) is 0 Å². The monoisotopic (exact) mass is 408 g/mol. The van der Waals surface area contributed by atoms with Gasteiger partial charge >= 0.3 is 0 Å². The number of ether oxygens (including phenoxy) is 2. The Balaban J connectivity index is 1.76. The van der Waals surface area contributed by atoms with Crippen LogP contribution in [0.2, 0.25) is 0 Å². The predicted octanol–water partition coefficient (Wildman–Crippen LogP) is 3.51. The van der Waals surface area contributed by atoms with Gasteiger partial charge in [0.05, 0.1) is 18.8 Å². The Labute approximate surface area is 177 Å². The van der Waals surface area contributed by atoms with Crippen molar-refractivity contribution in [2.24, 2.45) is 0 Å². The smallest absolute Gasteiger partial charge is 0.274 e. The molecule has 3 rings (SSSR count). The third-order valence-electron chi connectivity index (χ3n) is 4.63. The molecule has 0 radical (unpaired) electrons. The fourth-order valence-corrected chi connectivity index (χ4v) is 3.14. The summed E-state index contributed by atoms with van der Waals surface area (Å²) in [6.07, 6.45) is 1.18. The Morgan fingerprint density at radius 2 is 1.63 bits per heavy atom. The maximum atomic E-state index is 12.9. The summed E-state index contributed by atoms with van der Waals surface area (Å²) >= 11 is 0. The number of aromatic nitrogens is 3. The lowest BCUT2D eigenvalue weighted by Crippen LogP contribution is -2.29. The number of carbonyl (C=O) groups excluding carboxylic acids is 1. The number of hydrogen-bond donors (Lipinski definition) is 1. The third-order valence-corrected chi connectivity index (χ3v) is 4.63. The van der Waals surface area contributed by atoms with E-state index < -0.39 is 6.29 Å². The van der Waals surface area contributed by atoms with Gasteiger partial charge in [-0.05, 0) is 31.9 Å². The number of amides is 1. The SMILES string of the molecule is CCOC(Cn1cc(C(=O)NC(c2ccccc2)c2ccc(C)cc2)nn1)OCC. The largest absolute Gasteiger partial charge is 0.351 e. The molecule has 0 saturated carbocycles. The summed E-state index contributed by atoms with van der Waals surface area (Å²) in [5.41, 5.74) is 3.41. The molecule has 0 aliphatic rings. The third kappa shape index (κ3) is 5.75. The molecule has 0 spiro atoms. The van der Waals surface area contributed by atoms with E-state index in [2.05, 4.69) is 15.6 Å². The highest BCUT2D eigenvalue weighted by molar-refractivity contribution is 5.92. The van der Waals surface area contributed by atoms with Gasteiger partial charge in [-0.25, -0.2) is 4.68 Å². The molecule has 7 heteroatoms. The minimum atomic E-state index is -0.428. The van der Waals surface area contributed by atoms with Crippen molar-refractivity contribution >= 4 is 5.91 Å². The molecular formula is C23H28N4O3. The van der Waals surface area contributed by atoms with E-state index in [1.807, 2.05) is 75.4 Å². The molecule has 158 valence electrons. The zero-order valence-electron chi connectivity index (χ0n) is 17.6. The molecular weight excluding hydrogens is 380 g/mol. The van der Waals surface area contributed by atoms with Crippen LogP contribution in [0, 0.1) is 6.92 Å². The average molecular weight is 409 g/mol. The van der Waals surface area contributed by atoms with Crippen LogP contribution in [-0.4, -0.2) is 40.4 Å². The van der Waals surface area contributed by atoms with Crippen LogP contribution in [0.25, 0.3) is 0 Å². The quantitative estimate of drug-likeness (QED) is 0.520. The van der Waals surface area contributed by atoms with Crippen LogP contribution in [0.5, 0.6) is 0 Å². The molecule has 1 aromatic heterocycles. The zero-order valence-corrected chi connectivity index (χ0v) is 17.6. The van der Waals surface area contributed by atoms with Gasteiger partial charge in [-0.3, -0.25) is 4.79 Å². The number of nitrogens with one attached hydrogen (secondary N) is 1. The van der Waals surface area contributed by atoms with Gasteiger partial charge in [0, 0.05) is 13.2 Å². The minimum Gasteiger partial charge on any atom is -0.351 e. The topological polar surface area (TPSA) is 78.3 Å². The standard InChI is InChI=1S/C23H28N4O3/c1-4-29-21(30-5-2)16-27-15-20(25-26-27)23(28)24-22(18-9-7-6-8-10-18)19-13-11-17(3)12-14-19/h6-15,21-22H,4-5,16H2,1-3H3,(H,24,28). The average Bonchev–Trinajstić information content (AvgIpc) is 3.22. The number of benzene rings is 2. The van der Waals surface area contributed by atoms with Gasteiger partial charge in [0.2, 0.25) is 0 Å². The van der Waals surface area contributed by atoms with Crippen molar-refractivity contribution in [2.75, 3.05) is 13.2 Å². The molecule has 0 aliphatic heterocycles. The van der Waals surface area contributed by atoms with Gasteiger partial charge in [0.15, 0.2) is 12.0 Å². The van der Waals surface area contributed by atoms with Crippen molar-refractivity contribution < 1.29 is 14.3 Å². The highest BCUT2D eigenvalue weighted by atomic mass is 16.7.